The Morgan fingerprint density at radius 2 is 2.20 bits per heavy atom. The first-order valence-electron chi connectivity index (χ1n) is 3.59. The van der Waals surface area contributed by atoms with Crippen molar-refractivity contribution in [2.45, 2.75) is 12.8 Å². The average molecular weight is 226 g/mol. The third-order valence-electron chi connectivity index (χ3n) is 1.15. The first-order valence-corrected chi connectivity index (χ1v) is 3.59. The zero-order valence-electron chi connectivity index (χ0n) is 7.11. The van der Waals surface area contributed by atoms with E-state index in [4.69, 9.17) is 5.11 Å². The maximum absolute atomic E-state index is 11.6. The summed E-state index contributed by atoms with van der Waals surface area (Å²) >= 11 is 0. The van der Waals surface area contributed by atoms with Crippen LogP contribution in [-0.4, -0.2) is 34.0 Å². The molecule has 0 spiro atoms. The van der Waals surface area contributed by atoms with Gasteiger partial charge in [-0.2, -0.15) is 18.2 Å². The highest BCUT2D eigenvalue weighted by Crippen LogP contribution is 2.15. The van der Waals surface area contributed by atoms with E-state index >= 15 is 0 Å². The zero-order chi connectivity index (χ0) is 11.5. The van der Waals surface area contributed by atoms with Gasteiger partial charge in [0.1, 0.15) is 13.2 Å². The van der Waals surface area contributed by atoms with Crippen molar-refractivity contribution in [1.82, 2.24) is 10.1 Å². The van der Waals surface area contributed by atoms with Gasteiger partial charge in [0.2, 0.25) is 0 Å². The standard InChI is InChI=1S/C6H5F3N2O4/c7-6(8,9)2-14-1-3-10-4(5(12)13)11-15-3/h1-2H2,(H,12,13). The van der Waals surface area contributed by atoms with Crippen LogP contribution in [0.25, 0.3) is 0 Å². The molecule has 1 heterocycles. The molecule has 1 N–H and O–H groups in total. The Morgan fingerprint density at radius 1 is 1.53 bits per heavy atom. The van der Waals surface area contributed by atoms with Crippen molar-refractivity contribution in [1.29, 1.82) is 0 Å². The number of hydrogen-bond acceptors (Lipinski definition) is 5. The molecule has 0 radical (unpaired) electrons. The van der Waals surface area contributed by atoms with E-state index in [2.05, 4.69) is 19.4 Å². The van der Waals surface area contributed by atoms with Crippen molar-refractivity contribution < 1.29 is 32.3 Å². The molecule has 9 heteroatoms. The van der Waals surface area contributed by atoms with Crippen LogP contribution in [0.3, 0.4) is 0 Å². The fourth-order valence-electron chi connectivity index (χ4n) is 0.654. The summed E-state index contributed by atoms with van der Waals surface area (Å²) in [6, 6.07) is 0. The largest absolute Gasteiger partial charge is 0.475 e. The molecule has 0 unspecified atom stereocenters. The van der Waals surface area contributed by atoms with Crippen molar-refractivity contribution in [3.05, 3.63) is 11.7 Å². The van der Waals surface area contributed by atoms with Gasteiger partial charge in [0.15, 0.2) is 0 Å². The van der Waals surface area contributed by atoms with Gasteiger partial charge in [0.05, 0.1) is 0 Å². The highest BCUT2D eigenvalue weighted by molar-refractivity contribution is 5.82. The Bertz CT molecular complexity index is 348. The number of aromatic carboxylic acids is 1. The van der Waals surface area contributed by atoms with E-state index in [9.17, 15) is 18.0 Å². The quantitative estimate of drug-likeness (QED) is 0.818. The van der Waals surface area contributed by atoms with Gasteiger partial charge >= 0.3 is 12.1 Å². The Labute approximate surface area is 80.6 Å². The molecule has 15 heavy (non-hydrogen) atoms. The molecular formula is C6H5F3N2O4. The van der Waals surface area contributed by atoms with Crippen LogP contribution in [0.4, 0.5) is 13.2 Å². The third kappa shape index (κ3) is 3.94. The van der Waals surface area contributed by atoms with Gasteiger partial charge < -0.3 is 14.4 Å². The van der Waals surface area contributed by atoms with Crippen LogP contribution in [0.1, 0.15) is 16.5 Å². The molecule has 0 saturated carbocycles. The fraction of sp³-hybridized carbons (Fsp3) is 0.500. The molecule has 0 aliphatic carbocycles. The van der Waals surface area contributed by atoms with Crippen molar-refractivity contribution >= 4 is 5.97 Å². The lowest BCUT2D eigenvalue weighted by Gasteiger charge is -2.04. The lowest BCUT2D eigenvalue weighted by atomic mass is 10.6. The number of carboxylic acid groups (broad SMARTS) is 1. The van der Waals surface area contributed by atoms with Crippen LogP contribution in [0, 0.1) is 0 Å². The molecular weight excluding hydrogens is 221 g/mol. The van der Waals surface area contributed by atoms with Gasteiger partial charge in [-0.1, -0.05) is 0 Å². The number of nitrogens with zero attached hydrogens (tertiary/aromatic N) is 2. The summed E-state index contributed by atoms with van der Waals surface area (Å²) in [6.07, 6.45) is -4.45. The van der Waals surface area contributed by atoms with Crippen molar-refractivity contribution in [2.24, 2.45) is 0 Å². The van der Waals surface area contributed by atoms with E-state index in [0.717, 1.165) is 0 Å². The zero-order valence-corrected chi connectivity index (χ0v) is 7.11. The van der Waals surface area contributed by atoms with Crippen LogP contribution >= 0.6 is 0 Å². The Morgan fingerprint density at radius 3 is 2.67 bits per heavy atom. The third-order valence-corrected chi connectivity index (χ3v) is 1.15. The average Bonchev–Trinajstić information content (AvgIpc) is 2.50. The maximum Gasteiger partial charge on any atom is 0.411 e. The van der Waals surface area contributed by atoms with Crippen molar-refractivity contribution in [3.63, 3.8) is 0 Å². The van der Waals surface area contributed by atoms with Gasteiger partial charge in [-0.05, 0) is 5.16 Å². The SMILES string of the molecule is O=C(O)c1noc(COCC(F)(F)F)n1. The number of alkyl halides is 3. The van der Waals surface area contributed by atoms with Crippen molar-refractivity contribution in [3.8, 4) is 0 Å². The van der Waals surface area contributed by atoms with Crippen LogP contribution in [0.15, 0.2) is 4.52 Å². The number of aromatic nitrogens is 2. The van der Waals surface area contributed by atoms with Crippen LogP contribution < -0.4 is 0 Å². The van der Waals surface area contributed by atoms with Gasteiger partial charge in [0, 0.05) is 0 Å². The minimum absolute atomic E-state index is 0.323. The van der Waals surface area contributed by atoms with Gasteiger partial charge in [0.25, 0.3) is 11.7 Å². The second-order valence-corrected chi connectivity index (χ2v) is 2.42. The van der Waals surface area contributed by atoms with Crippen LogP contribution in [0.2, 0.25) is 0 Å². The molecule has 0 aromatic carbocycles. The summed E-state index contributed by atoms with van der Waals surface area (Å²) in [5.74, 6) is -2.38. The summed E-state index contributed by atoms with van der Waals surface area (Å²) in [5, 5.41) is 11.3. The number of carbonyl (C=O) groups is 1. The molecule has 0 aliphatic heterocycles. The number of rotatable bonds is 4. The molecule has 84 valence electrons. The molecule has 0 bridgehead atoms. The Kier molecular flexibility index (Phi) is 3.24. The normalized spacial score (nSPS) is 11.7. The topological polar surface area (TPSA) is 85.5 Å². The number of ether oxygens (including phenoxy) is 1. The van der Waals surface area contributed by atoms with Crippen molar-refractivity contribution in [2.75, 3.05) is 6.61 Å². The van der Waals surface area contributed by atoms with E-state index in [1.165, 1.54) is 0 Å². The molecule has 1 rings (SSSR count). The lowest BCUT2D eigenvalue weighted by molar-refractivity contribution is -0.178. The highest BCUT2D eigenvalue weighted by Gasteiger charge is 2.27. The van der Waals surface area contributed by atoms with Gasteiger partial charge in [-0.3, -0.25) is 0 Å². The smallest absolute Gasteiger partial charge is 0.411 e. The van der Waals surface area contributed by atoms with Gasteiger partial charge in [-0.15, -0.1) is 0 Å². The fourth-order valence-corrected chi connectivity index (χ4v) is 0.654. The monoisotopic (exact) mass is 226 g/mol. The Balaban J connectivity index is 2.41. The van der Waals surface area contributed by atoms with E-state index in [1.807, 2.05) is 0 Å². The second kappa shape index (κ2) is 4.26. The summed E-state index contributed by atoms with van der Waals surface area (Å²) in [7, 11) is 0. The van der Waals surface area contributed by atoms with Gasteiger partial charge in [-0.25, -0.2) is 4.79 Å². The number of halogens is 3. The number of hydrogen-bond donors (Lipinski definition) is 1. The molecule has 0 saturated heterocycles. The van der Waals surface area contributed by atoms with E-state index in [0.29, 0.717) is 0 Å². The summed E-state index contributed by atoms with van der Waals surface area (Å²) in [6.45, 7) is -2.04. The summed E-state index contributed by atoms with van der Waals surface area (Å²) in [5.41, 5.74) is 0. The van der Waals surface area contributed by atoms with E-state index < -0.39 is 31.2 Å². The summed E-state index contributed by atoms with van der Waals surface area (Å²) < 4.78 is 43.3. The Hall–Kier alpha value is -1.64. The molecule has 0 fully saturated rings. The predicted molar refractivity (Wildman–Crippen MR) is 37.0 cm³/mol. The maximum atomic E-state index is 11.6. The first-order chi connectivity index (χ1) is 6.88. The molecule has 0 aliphatic rings. The predicted octanol–water partition coefficient (Wildman–Crippen LogP) is 0.847. The molecule has 1 aromatic heterocycles. The first kappa shape index (κ1) is 11.4. The summed E-state index contributed by atoms with van der Waals surface area (Å²) in [4.78, 5) is 13.5. The molecule has 1 aromatic rings. The minimum Gasteiger partial charge on any atom is -0.475 e. The number of carboxylic acids is 1. The van der Waals surface area contributed by atoms with Crippen LogP contribution in [-0.2, 0) is 11.3 Å². The van der Waals surface area contributed by atoms with E-state index in [1.54, 1.807) is 0 Å². The molecule has 6 nitrogen and oxygen atoms in total. The molecule has 0 atom stereocenters. The molecule has 0 amide bonds. The highest BCUT2D eigenvalue weighted by atomic mass is 19.4. The lowest BCUT2D eigenvalue weighted by Crippen LogP contribution is -2.16. The van der Waals surface area contributed by atoms with E-state index in [-0.39, 0.29) is 5.89 Å². The minimum atomic E-state index is -4.45. The van der Waals surface area contributed by atoms with Crippen LogP contribution in [0.5, 0.6) is 0 Å². The second-order valence-electron chi connectivity index (χ2n) is 2.42.